The molecule has 21 heavy (non-hydrogen) atoms. The molecule has 0 unspecified atom stereocenters. The van der Waals surface area contributed by atoms with E-state index in [1.54, 1.807) is 0 Å². The van der Waals surface area contributed by atoms with E-state index in [9.17, 15) is 22.4 Å². The molecule has 1 N–H and O–H groups in total. The molecule has 112 valence electrons. The molecule has 2 aromatic rings. The van der Waals surface area contributed by atoms with Crippen molar-refractivity contribution in [2.24, 2.45) is 0 Å². The van der Waals surface area contributed by atoms with E-state index in [-0.39, 0.29) is 15.9 Å². The van der Waals surface area contributed by atoms with Gasteiger partial charge in [0.05, 0.1) is 16.7 Å². The van der Waals surface area contributed by atoms with Gasteiger partial charge in [0, 0.05) is 12.3 Å². The molecule has 2 rings (SSSR count). The summed E-state index contributed by atoms with van der Waals surface area (Å²) in [5.74, 6) is -2.40. The van der Waals surface area contributed by atoms with Crippen LogP contribution in [0.2, 0.25) is 0 Å². The summed E-state index contributed by atoms with van der Waals surface area (Å²) in [7, 11) is 0. The second-order valence-corrected chi connectivity index (χ2v) is 4.99. The number of alkyl halides is 2. The maximum atomic E-state index is 13.6. The van der Waals surface area contributed by atoms with Crippen LogP contribution in [0.15, 0.2) is 34.9 Å². The van der Waals surface area contributed by atoms with Crippen molar-refractivity contribution < 1.29 is 22.4 Å². The third-order valence-corrected chi connectivity index (χ3v) is 3.26. The summed E-state index contributed by atoms with van der Waals surface area (Å²) in [6, 6.07) is 4.39. The number of benzene rings is 1. The highest BCUT2D eigenvalue weighted by molar-refractivity contribution is 9.10. The molecule has 1 aromatic heterocycles. The number of hydrogen-bond acceptors (Lipinski definition) is 1. The van der Waals surface area contributed by atoms with Crippen LogP contribution in [0.5, 0.6) is 0 Å². The summed E-state index contributed by atoms with van der Waals surface area (Å²) >= 11 is 2.81. The number of aromatic nitrogens is 1. The van der Waals surface area contributed by atoms with E-state index in [0.717, 1.165) is 16.7 Å². The Morgan fingerprint density at radius 2 is 2.00 bits per heavy atom. The van der Waals surface area contributed by atoms with Gasteiger partial charge in [0.15, 0.2) is 0 Å². The van der Waals surface area contributed by atoms with Crippen molar-refractivity contribution >= 4 is 27.5 Å². The van der Waals surface area contributed by atoms with Crippen LogP contribution in [-0.4, -0.2) is 16.9 Å². The number of nitrogens with zero attached hydrogens (tertiary/aromatic N) is 1. The zero-order valence-electron chi connectivity index (χ0n) is 10.4. The molecule has 0 saturated heterocycles. The molecular formula is C13H9BrF4N2O. The van der Waals surface area contributed by atoms with Crippen molar-refractivity contribution in [3.8, 4) is 0 Å². The predicted molar refractivity (Wildman–Crippen MR) is 72.4 cm³/mol. The van der Waals surface area contributed by atoms with Crippen LogP contribution in [0, 0.1) is 11.6 Å². The number of carbonyl (C=O) groups is 1. The van der Waals surface area contributed by atoms with E-state index in [4.69, 9.17) is 0 Å². The monoisotopic (exact) mass is 364 g/mol. The quantitative estimate of drug-likeness (QED) is 0.644. The maximum Gasteiger partial charge on any atom is 0.272 e. The van der Waals surface area contributed by atoms with Crippen molar-refractivity contribution in [2.45, 2.75) is 13.0 Å². The van der Waals surface area contributed by atoms with Crippen molar-refractivity contribution in [2.75, 3.05) is 5.32 Å². The standard InChI is InChI=1S/C13H9BrF4N2O/c14-7-4-9(16)10(5-8(7)15)19-13(21)11-2-1-3-20(11)6-12(17)18/h1-5,12H,6H2,(H,19,21). The van der Waals surface area contributed by atoms with Crippen molar-refractivity contribution in [1.29, 1.82) is 0 Å². The van der Waals surface area contributed by atoms with E-state index in [1.165, 1.54) is 18.3 Å². The van der Waals surface area contributed by atoms with Gasteiger partial charge in [0.25, 0.3) is 12.3 Å². The molecule has 1 heterocycles. The highest BCUT2D eigenvalue weighted by Crippen LogP contribution is 2.23. The van der Waals surface area contributed by atoms with E-state index in [1.807, 2.05) is 0 Å². The molecule has 8 heteroatoms. The Hall–Kier alpha value is -1.83. The molecule has 0 aliphatic heterocycles. The minimum absolute atomic E-state index is 0.0713. The van der Waals surface area contributed by atoms with Gasteiger partial charge in [0.2, 0.25) is 0 Å². The lowest BCUT2D eigenvalue weighted by atomic mass is 10.3. The highest BCUT2D eigenvalue weighted by atomic mass is 79.9. The number of hydrogen-bond donors (Lipinski definition) is 1. The summed E-state index contributed by atoms with van der Waals surface area (Å²) in [5.41, 5.74) is -0.441. The van der Waals surface area contributed by atoms with Gasteiger partial charge in [-0.05, 0) is 34.1 Å². The minimum atomic E-state index is -2.63. The summed E-state index contributed by atoms with van der Waals surface area (Å²) in [5, 5.41) is 2.15. The van der Waals surface area contributed by atoms with Crippen LogP contribution in [0.25, 0.3) is 0 Å². The lowest BCUT2D eigenvalue weighted by Crippen LogP contribution is -2.19. The van der Waals surface area contributed by atoms with Gasteiger partial charge in [-0.1, -0.05) is 0 Å². The molecule has 0 radical (unpaired) electrons. The third-order valence-electron chi connectivity index (χ3n) is 2.66. The van der Waals surface area contributed by atoms with E-state index >= 15 is 0 Å². The second kappa shape index (κ2) is 6.30. The SMILES string of the molecule is O=C(Nc1cc(F)c(Br)cc1F)c1cccn1CC(F)F. The summed E-state index contributed by atoms with van der Waals surface area (Å²) in [4.78, 5) is 11.9. The first-order valence-corrected chi connectivity index (χ1v) is 6.57. The lowest BCUT2D eigenvalue weighted by molar-refractivity contribution is 0.0997. The Bertz CT molecular complexity index is 672. The number of amides is 1. The molecule has 1 aromatic carbocycles. The molecule has 0 saturated carbocycles. The molecule has 0 aliphatic rings. The topological polar surface area (TPSA) is 34.0 Å². The van der Waals surface area contributed by atoms with Gasteiger partial charge in [-0.3, -0.25) is 4.79 Å². The van der Waals surface area contributed by atoms with Gasteiger partial charge in [-0.25, -0.2) is 17.6 Å². The summed E-state index contributed by atoms with van der Waals surface area (Å²) in [6.07, 6.45) is -1.33. The average Bonchev–Trinajstić information content (AvgIpc) is 2.83. The lowest BCUT2D eigenvalue weighted by Gasteiger charge is -2.10. The first-order valence-electron chi connectivity index (χ1n) is 5.77. The number of halogens is 5. The molecular weight excluding hydrogens is 356 g/mol. The Kier molecular flexibility index (Phi) is 4.66. The summed E-state index contributed by atoms with van der Waals surface area (Å²) in [6.45, 7) is -0.660. The molecule has 0 aliphatic carbocycles. The van der Waals surface area contributed by atoms with Gasteiger partial charge in [0.1, 0.15) is 17.3 Å². The zero-order chi connectivity index (χ0) is 15.6. The number of anilines is 1. The van der Waals surface area contributed by atoms with Crippen LogP contribution >= 0.6 is 15.9 Å². The molecule has 3 nitrogen and oxygen atoms in total. The van der Waals surface area contributed by atoms with Crippen LogP contribution < -0.4 is 5.32 Å². The molecule has 0 bridgehead atoms. The number of nitrogens with one attached hydrogen (secondary N) is 1. The predicted octanol–water partition coefficient (Wildman–Crippen LogP) is 4.05. The van der Waals surface area contributed by atoms with E-state index in [2.05, 4.69) is 21.2 Å². The van der Waals surface area contributed by atoms with Crippen molar-refractivity contribution in [1.82, 2.24) is 4.57 Å². The number of rotatable bonds is 4. The first-order chi connectivity index (χ1) is 9.88. The molecule has 0 fully saturated rings. The highest BCUT2D eigenvalue weighted by Gasteiger charge is 2.16. The Morgan fingerprint density at radius 3 is 2.67 bits per heavy atom. The third kappa shape index (κ3) is 3.63. The van der Waals surface area contributed by atoms with Gasteiger partial charge < -0.3 is 9.88 Å². The summed E-state index contributed by atoms with van der Waals surface area (Å²) < 4.78 is 52.6. The average molecular weight is 365 g/mol. The fourth-order valence-corrected chi connectivity index (χ4v) is 2.05. The Balaban J connectivity index is 2.23. The first kappa shape index (κ1) is 15.6. The maximum absolute atomic E-state index is 13.6. The molecule has 0 atom stereocenters. The minimum Gasteiger partial charge on any atom is -0.338 e. The van der Waals surface area contributed by atoms with Crippen LogP contribution in [0.3, 0.4) is 0 Å². The van der Waals surface area contributed by atoms with Gasteiger partial charge >= 0.3 is 0 Å². The molecule has 1 amide bonds. The molecule has 0 spiro atoms. The Labute approximate surface area is 125 Å². The van der Waals surface area contributed by atoms with Gasteiger partial charge in [-0.15, -0.1) is 0 Å². The fourth-order valence-electron chi connectivity index (χ4n) is 1.73. The normalized spacial score (nSPS) is 11.0. The van der Waals surface area contributed by atoms with Crippen LogP contribution in [0.4, 0.5) is 23.2 Å². The van der Waals surface area contributed by atoms with Gasteiger partial charge in [-0.2, -0.15) is 0 Å². The van der Waals surface area contributed by atoms with Crippen LogP contribution in [-0.2, 0) is 6.54 Å². The zero-order valence-corrected chi connectivity index (χ0v) is 12.0. The van der Waals surface area contributed by atoms with E-state index in [0.29, 0.717) is 0 Å². The largest absolute Gasteiger partial charge is 0.338 e. The Morgan fingerprint density at radius 1 is 1.29 bits per heavy atom. The second-order valence-electron chi connectivity index (χ2n) is 4.14. The number of carbonyl (C=O) groups excluding carboxylic acids is 1. The van der Waals surface area contributed by atoms with Crippen LogP contribution in [0.1, 0.15) is 10.5 Å². The van der Waals surface area contributed by atoms with Crippen molar-refractivity contribution in [3.05, 3.63) is 52.3 Å². The van der Waals surface area contributed by atoms with E-state index < -0.39 is 30.5 Å². The smallest absolute Gasteiger partial charge is 0.272 e. The fraction of sp³-hybridized carbons (Fsp3) is 0.154. The van der Waals surface area contributed by atoms with Crippen molar-refractivity contribution in [3.63, 3.8) is 0 Å².